The average Bonchev–Trinajstić information content (AvgIpc) is 2.87. The molecule has 1 aromatic carbocycles. The summed E-state index contributed by atoms with van der Waals surface area (Å²) in [6, 6.07) is 7.76. The predicted molar refractivity (Wildman–Crippen MR) is 64.7 cm³/mol. The molecule has 0 unspecified atom stereocenters. The highest BCUT2D eigenvalue weighted by Crippen LogP contribution is 2.31. The van der Waals surface area contributed by atoms with Gasteiger partial charge in [-0.3, -0.25) is 4.79 Å². The Kier molecular flexibility index (Phi) is 2.46. The van der Waals surface area contributed by atoms with Crippen molar-refractivity contribution in [3.8, 4) is 0 Å². The molecule has 0 spiro atoms. The molecule has 1 aliphatic heterocycles. The zero-order chi connectivity index (χ0) is 13.6. The number of hydrogen-bond donors (Lipinski definition) is 0. The molecule has 0 radical (unpaired) electrons. The van der Waals surface area contributed by atoms with Gasteiger partial charge in [0.05, 0.1) is 12.1 Å². The normalized spacial score (nSPS) is 16.7. The van der Waals surface area contributed by atoms with Crippen LogP contribution in [0.2, 0.25) is 0 Å². The highest BCUT2D eigenvalue weighted by atomic mass is 32.2. The van der Waals surface area contributed by atoms with Crippen LogP contribution in [0.15, 0.2) is 39.8 Å². The van der Waals surface area contributed by atoms with E-state index in [0.717, 1.165) is 4.31 Å². The van der Waals surface area contributed by atoms with Crippen LogP contribution in [-0.4, -0.2) is 23.8 Å². The standard InChI is InChI=1S/C12H10N2O4S/c1-8-6-9(13-18-8)7-14-12(15)10-4-2-3-5-11(10)19(14,16)17/h2-6H,7H2,1H3. The third-order valence-electron chi connectivity index (χ3n) is 2.89. The molecule has 1 amide bonds. The van der Waals surface area contributed by atoms with E-state index in [-0.39, 0.29) is 17.0 Å². The molecule has 0 aliphatic carbocycles. The van der Waals surface area contributed by atoms with Crippen LogP contribution in [0, 0.1) is 6.92 Å². The third kappa shape index (κ3) is 1.74. The first-order valence-electron chi connectivity index (χ1n) is 5.58. The Balaban J connectivity index is 2.03. The Morgan fingerprint density at radius 1 is 1.32 bits per heavy atom. The fraction of sp³-hybridized carbons (Fsp3) is 0.167. The minimum atomic E-state index is -3.78. The number of carbonyl (C=O) groups excluding carboxylic acids is 1. The lowest BCUT2D eigenvalue weighted by atomic mass is 10.2. The van der Waals surface area contributed by atoms with Crippen molar-refractivity contribution < 1.29 is 17.7 Å². The highest BCUT2D eigenvalue weighted by Gasteiger charge is 2.41. The van der Waals surface area contributed by atoms with Gasteiger partial charge in [0, 0.05) is 6.07 Å². The number of rotatable bonds is 2. The average molecular weight is 278 g/mol. The highest BCUT2D eigenvalue weighted by molar-refractivity contribution is 7.90. The van der Waals surface area contributed by atoms with Crippen molar-refractivity contribution in [2.24, 2.45) is 0 Å². The number of amides is 1. The van der Waals surface area contributed by atoms with Gasteiger partial charge in [0.2, 0.25) is 0 Å². The molecule has 19 heavy (non-hydrogen) atoms. The first kappa shape index (κ1) is 11.9. The number of fused-ring (bicyclic) bond motifs is 1. The summed E-state index contributed by atoms with van der Waals surface area (Å²) >= 11 is 0. The summed E-state index contributed by atoms with van der Waals surface area (Å²) in [5, 5.41) is 3.71. The van der Waals surface area contributed by atoms with Gasteiger partial charge in [0.25, 0.3) is 15.9 Å². The first-order valence-corrected chi connectivity index (χ1v) is 7.02. The van der Waals surface area contributed by atoms with Crippen LogP contribution in [0.25, 0.3) is 0 Å². The SMILES string of the molecule is Cc1cc(CN2C(=O)c3ccccc3S2(=O)=O)no1. The molecule has 7 heteroatoms. The fourth-order valence-electron chi connectivity index (χ4n) is 2.03. The molecule has 3 rings (SSSR count). The lowest BCUT2D eigenvalue weighted by Gasteiger charge is -2.12. The lowest BCUT2D eigenvalue weighted by Crippen LogP contribution is -2.29. The Bertz CT molecular complexity index is 764. The summed E-state index contributed by atoms with van der Waals surface area (Å²) in [6.45, 7) is 1.58. The van der Waals surface area contributed by atoms with E-state index in [4.69, 9.17) is 4.52 Å². The molecule has 0 N–H and O–H groups in total. The van der Waals surface area contributed by atoms with Crippen molar-refractivity contribution in [2.75, 3.05) is 0 Å². The van der Waals surface area contributed by atoms with Gasteiger partial charge in [-0.05, 0) is 19.1 Å². The van der Waals surface area contributed by atoms with Gasteiger partial charge in [-0.15, -0.1) is 0 Å². The molecule has 0 bridgehead atoms. The van der Waals surface area contributed by atoms with Crippen LogP contribution in [-0.2, 0) is 16.6 Å². The zero-order valence-corrected chi connectivity index (χ0v) is 10.8. The topological polar surface area (TPSA) is 80.5 Å². The number of aromatic nitrogens is 1. The maximum absolute atomic E-state index is 12.3. The van der Waals surface area contributed by atoms with Crippen molar-refractivity contribution in [1.29, 1.82) is 0 Å². The van der Waals surface area contributed by atoms with Gasteiger partial charge in [-0.1, -0.05) is 17.3 Å². The second-order valence-electron chi connectivity index (χ2n) is 4.24. The number of benzene rings is 1. The van der Waals surface area contributed by atoms with E-state index < -0.39 is 15.9 Å². The van der Waals surface area contributed by atoms with Crippen LogP contribution >= 0.6 is 0 Å². The first-order chi connectivity index (χ1) is 9.00. The predicted octanol–water partition coefficient (Wildman–Crippen LogP) is 1.33. The molecule has 1 aliphatic rings. The van der Waals surface area contributed by atoms with Crippen molar-refractivity contribution in [3.05, 3.63) is 47.3 Å². The van der Waals surface area contributed by atoms with Crippen LogP contribution in [0.5, 0.6) is 0 Å². The number of nitrogens with zero attached hydrogens (tertiary/aromatic N) is 2. The van der Waals surface area contributed by atoms with Crippen LogP contribution in [0.4, 0.5) is 0 Å². The van der Waals surface area contributed by atoms with E-state index in [1.165, 1.54) is 12.1 Å². The van der Waals surface area contributed by atoms with Crippen molar-refractivity contribution in [3.63, 3.8) is 0 Å². The van der Waals surface area contributed by atoms with Crippen molar-refractivity contribution in [1.82, 2.24) is 9.46 Å². The Hall–Kier alpha value is -2.15. The summed E-state index contributed by atoms with van der Waals surface area (Å²) in [5.74, 6) is 0.0350. The largest absolute Gasteiger partial charge is 0.361 e. The molecule has 2 aromatic rings. The van der Waals surface area contributed by atoms with E-state index in [1.807, 2.05) is 0 Å². The van der Waals surface area contributed by atoms with Crippen LogP contribution in [0.3, 0.4) is 0 Å². The van der Waals surface area contributed by atoms with Gasteiger partial charge >= 0.3 is 0 Å². The van der Waals surface area contributed by atoms with Crippen LogP contribution < -0.4 is 0 Å². The second kappa shape index (κ2) is 3.92. The minimum absolute atomic E-state index is 0.0419. The molecule has 0 atom stereocenters. The number of sulfonamides is 1. The van der Waals surface area contributed by atoms with Gasteiger partial charge in [-0.25, -0.2) is 12.7 Å². The summed E-state index contributed by atoms with van der Waals surface area (Å²) in [6.07, 6.45) is 0. The quantitative estimate of drug-likeness (QED) is 0.827. The van der Waals surface area contributed by atoms with Gasteiger partial charge in [-0.2, -0.15) is 0 Å². The Labute approximate surface area is 109 Å². The lowest BCUT2D eigenvalue weighted by molar-refractivity contribution is 0.0863. The summed E-state index contributed by atoms with van der Waals surface area (Å²) in [7, 11) is -3.78. The van der Waals surface area contributed by atoms with E-state index in [1.54, 1.807) is 25.1 Å². The molecule has 98 valence electrons. The summed E-state index contributed by atoms with van der Waals surface area (Å²) in [5.41, 5.74) is 0.602. The maximum Gasteiger partial charge on any atom is 0.269 e. The molecular weight excluding hydrogens is 268 g/mol. The number of carbonyl (C=O) groups is 1. The minimum Gasteiger partial charge on any atom is -0.361 e. The molecule has 2 heterocycles. The molecule has 1 aromatic heterocycles. The zero-order valence-electron chi connectivity index (χ0n) is 10.0. The van der Waals surface area contributed by atoms with E-state index in [9.17, 15) is 13.2 Å². The third-order valence-corrected chi connectivity index (χ3v) is 4.68. The van der Waals surface area contributed by atoms with Gasteiger partial charge in [0.1, 0.15) is 16.3 Å². The molecule has 6 nitrogen and oxygen atoms in total. The summed E-state index contributed by atoms with van der Waals surface area (Å²) in [4.78, 5) is 12.2. The smallest absolute Gasteiger partial charge is 0.269 e. The Morgan fingerprint density at radius 3 is 2.68 bits per heavy atom. The van der Waals surface area contributed by atoms with Crippen molar-refractivity contribution >= 4 is 15.9 Å². The Morgan fingerprint density at radius 2 is 2.05 bits per heavy atom. The molecule has 0 saturated heterocycles. The number of hydrogen-bond acceptors (Lipinski definition) is 5. The van der Waals surface area contributed by atoms with E-state index >= 15 is 0 Å². The van der Waals surface area contributed by atoms with E-state index in [2.05, 4.69) is 5.16 Å². The monoisotopic (exact) mass is 278 g/mol. The fourth-order valence-corrected chi connectivity index (χ4v) is 3.57. The van der Waals surface area contributed by atoms with Crippen molar-refractivity contribution in [2.45, 2.75) is 18.4 Å². The van der Waals surface area contributed by atoms with Gasteiger partial charge in [0.15, 0.2) is 0 Å². The molecular formula is C12H10N2O4S. The van der Waals surface area contributed by atoms with Gasteiger partial charge < -0.3 is 4.52 Å². The van der Waals surface area contributed by atoms with Crippen LogP contribution in [0.1, 0.15) is 21.8 Å². The molecule has 0 fully saturated rings. The molecule has 0 saturated carbocycles. The number of aryl methyl sites for hydroxylation is 1. The maximum atomic E-state index is 12.3. The summed E-state index contributed by atoms with van der Waals surface area (Å²) < 4.78 is 30.2. The van der Waals surface area contributed by atoms with E-state index in [0.29, 0.717) is 11.5 Å². The second-order valence-corrected chi connectivity index (χ2v) is 6.07.